The first-order valence-corrected chi connectivity index (χ1v) is 9.87. The van der Waals surface area contributed by atoms with Crippen molar-refractivity contribution in [3.8, 4) is 22.6 Å². The fourth-order valence-corrected chi connectivity index (χ4v) is 3.31. The zero-order valence-corrected chi connectivity index (χ0v) is 16.9. The number of nitrogens with zero attached hydrogens (tertiary/aromatic N) is 2. The van der Waals surface area contributed by atoms with Gasteiger partial charge in [0.2, 0.25) is 5.89 Å². The van der Waals surface area contributed by atoms with Gasteiger partial charge in [0.1, 0.15) is 5.52 Å². The lowest BCUT2D eigenvalue weighted by Crippen LogP contribution is -2.03. The molecule has 0 aliphatic rings. The van der Waals surface area contributed by atoms with E-state index in [1.165, 1.54) is 24.3 Å². The molecule has 1 aromatic heterocycles. The van der Waals surface area contributed by atoms with Crippen LogP contribution in [-0.2, 0) is 6.18 Å². The number of rotatable bonds is 6. The van der Waals surface area contributed by atoms with E-state index in [1.807, 2.05) is 6.92 Å². The summed E-state index contributed by atoms with van der Waals surface area (Å²) in [5.74, 6) is 0.215. The predicted molar refractivity (Wildman–Crippen MR) is 115 cm³/mol. The highest BCUT2D eigenvalue weighted by Crippen LogP contribution is 2.35. The van der Waals surface area contributed by atoms with Crippen LogP contribution in [0, 0.1) is 10.1 Å². The Morgan fingerprint density at radius 2 is 1.75 bits per heavy atom. The summed E-state index contributed by atoms with van der Waals surface area (Å²) in [6, 6.07) is 14.4. The standard InChI is InChI=1S/C23H18F3N3O3/c1-2-11-27-19-9-8-17(29(30)31)13-18(19)22-28-20-12-15(5-10-21(20)32-22)14-3-6-16(7-4-14)23(24,25)26/h3-10,12-13,27H,2,11H2,1H3. The van der Waals surface area contributed by atoms with Crippen LogP contribution in [0.2, 0.25) is 0 Å². The molecule has 3 aromatic carbocycles. The zero-order chi connectivity index (χ0) is 22.9. The minimum absolute atomic E-state index is 0.0882. The lowest BCUT2D eigenvalue weighted by atomic mass is 10.0. The molecule has 6 nitrogen and oxygen atoms in total. The molecule has 1 N–H and O–H groups in total. The molecule has 0 aliphatic heterocycles. The molecule has 0 unspecified atom stereocenters. The number of alkyl halides is 3. The van der Waals surface area contributed by atoms with Gasteiger partial charge in [-0.25, -0.2) is 4.98 Å². The van der Waals surface area contributed by atoms with Crippen LogP contribution in [0.4, 0.5) is 24.5 Å². The minimum atomic E-state index is -4.40. The van der Waals surface area contributed by atoms with Gasteiger partial charge in [-0.2, -0.15) is 13.2 Å². The summed E-state index contributed by atoms with van der Waals surface area (Å²) in [6.45, 7) is 2.67. The average Bonchev–Trinajstić information content (AvgIpc) is 3.20. The van der Waals surface area contributed by atoms with Crippen LogP contribution in [-0.4, -0.2) is 16.5 Å². The van der Waals surface area contributed by atoms with Gasteiger partial charge in [0.05, 0.1) is 16.1 Å². The molecule has 1 heterocycles. The van der Waals surface area contributed by atoms with E-state index in [4.69, 9.17) is 4.42 Å². The normalized spacial score (nSPS) is 11.6. The Morgan fingerprint density at radius 1 is 1.03 bits per heavy atom. The van der Waals surface area contributed by atoms with E-state index < -0.39 is 16.7 Å². The molecular weight excluding hydrogens is 423 g/mol. The molecular formula is C23H18F3N3O3. The Labute approximate surface area is 180 Å². The first-order chi connectivity index (χ1) is 15.3. The Bertz CT molecular complexity index is 1280. The molecule has 4 aromatic rings. The van der Waals surface area contributed by atoms with Crippen LogP contribution in [0.25, 0.3) is 33.7 Å². The van der Waals surface area contributed by atoms with E-state index in [0.717, 1.165) is 18.6 Å². The third kappa shape index (κ3) is 4.27. The van der Waals surface area contributed by atoms with Crippen molar-refractivity contribution >= 4 is 22.5 Å². The molecule has 32 heavy (non-hydrogen) atoms. The van der Waals surface area contributed by atoms with Gasteiger partial charge < -0.3 is 9.73 Å². The monoisotopic (exact) mass is 441 g/mol. The molecule has 0 amide bonds. The summed E-state index contributed by atoms with van der Waals surface area (Å²) in [5.41, 5.74) is 2.54. The van der Waals surface area contributed by atoms with Gasteiger partial charge in [0, 0.05) is 24.4 Å². The number of nitro groups is 1. The number of hydrogen-bond acceptors (Lipinski definition) is 5. The highest BCUT2D eigenvalue weighted by molar-refractivity contribution is 5.85. The van der Waals surface area contributed by atoms with Gasteiger partial charge in [0.25, 0.3) is 5.69 Å². The van der Waals surface area contributed by atoms with Crippen molar-refractivity contribution in [2.24, 2.45) is 0 Å². The van der Waals surface area contributed by atoms with Crippen molar-refractivity contribution in [1.82, 2.24) is 4.98 Å². The third-order valence-electron chi connectivity index (χ3n) is 4.94. The van der Waals surface area contributed by atoms with Crippen LogP contribution in [0.1, 0.15) is 18.9 Å². The first-order valence-electron chi connectivity index (χ1n) is 9.87. The van der Waals surface area contributed by atoms with Crippen molar-refractivity contribution in [2.45, 2.75) is 19.5 Å². The summed E-state index contributed by atoms with van der Waals surface area (Å²) >= 11 is 0. The van der Waals surface area contributed by atoms with E-state index in [9.17, 15) is 23.3 Å². The fraction of sp³-hybridized carbons (Fsp3) is 0.174. The number of oxazole rings is 1. The Morgan fingerprint density at radius 3 is 2.41 bits per heavy atom. The Balaban J connectivity index is 1.73. The number of nitro benzene ring substituents is 1. The van der Waals surface area contributed by atoms with Crippen LogP contribution in [0.5, 0.6) is 0 Å². The molecule has 0 aliphatic carbocycles. The number of non-ortho nitro benzene ring substituents is 1. The minimum Gasteiger partial charge on any atom is -0.436 e. The second-order valence-electron chi connectivity index (χ2n) is 7.19. The Hall–Kier alpha value is -3.88. The van der Waals surface area contributed by atoms with E-state index in [1.54, 1.807) is 24.3 Å². The quantitative estimate of drug-likeness (QED) is 0.260. The predicted octanol–water partition coefficient (Wildman–Crippen LogP) is 6.91. The van der Waals surface area contributed by atoms with Crippen molar-refractivity contribution in [2.75, 3.05) is 11.9 Å². The van der Waals surface area contributed by atoms with Gasteiger partial charge in [-0.15, -0.1) is 0 Å². The van der Waals surface area contributed by atoms with Crippen molar-refractivity contribution in [1.29, 1.82) is 0 Å². The summed E-state index contributed by atoms with van der Waals surface area (Å²) < 4.78 is 44.3. The van der Waals surface area contributed by atoms with Crippen LogP contribution >= 0.6 is 0 Å². The summed E-state index contributed by atoms with van der Waals surface area (Å²) in [5, 5.41) is 14.4. The topological polar surface area (TPSA) is 81.2 Å². The van der Waals surface area contributed by atoms with E-state index >= 15 is 0 Å². The Kier molecular flexibility index (Phi) is 5.56. The number of nitrogens with one attached hydrogen (secondary N) is 1. The number of halogens is 3. The number of hydrogen-bond donors (Lipinski definition) is 1. The van der Waals surface area contributed by atoms with E-state index in [2.05, 4.69) is 10.3 Å². The maximum Gasteiger partial charge on any atom is 0.416 e. The molecule has 0 bridgehead atoms. The maximum absolute atomic E-state index is 12.8. The molecule has 0 saturated heterocycles. The lowest BCUT2D eigenvalue weighted by Gasteiger charge is -2.08. The highest BCUT2D eigenvalue weighted by atomic mass is 19.4. The van der Waals surface area contributed by atoms with Crippen LogP contribution in [0.3, 0.4) is 0 Å². The van der Waals surface area contributed by atoms with Gasteiger partial charge >= 0.3 is 6.18 Å². The van der Waals surface area contributed by atoms with E-state index in [0.29, 0.717) is 40.0 Å². The zero-order valence-electron chi connectivity index (χ0n) is 16.9. The van der Waals surface area contributed by atoms with Gasteiger partial charge in [-0.05, 0) is 47.9 Å². The number of fused-ring (bicyclic) bond motifs is 1. The number of benzene rings is 3. The van der Waals surface area contributed by atoms with Crippen molar-refractivity contribution < 1.29 is 22.5 Å². The summed E-state index contributed by atoms with van der Waals surface area (Å²) in [7, 11) is 0. The second kappa shape index (κ2) is 8.33. The molecule has 9 heteroatoms. The molecule has 0 radical (unpaired) electrons. The largest absolute Gasteiger partial charge is 0.436 e. The van der Waals surface area contributed by atoms with Crippen molar-refractivity contribution in [3.63, 3.8) is 0 Å². The van der Waals surface area contributed by atoms with Crippen LogP contribution < -0.4 is 5.32 Å². The van der Waals surface area contributed by atoms with Crippen molar-refractivity contribution in [3.05, 3.63) is 76.3 Å². The number of anilines is 1. The maximum atomic E-state index is 12.8. The highest BCUT2D eigenvalue weighted by Gasteiger charge is 2.30. The van der Waals surface area contributed by atoms with Gasteiger partial charge in [-0.1, -0.05) is 25.1 Å². The summed E-state index contributed by atoms with van der Waals surface area (Å²) in [4.78, 5) is 15.2. The molecule has 0 saturated carbocycles. The van der Waals surface area contributed by atoms with Gasteiger partial charge in [-0.3, -0.25) is 10.1 Å². The molecule has 0 fully saturated rings. The average molecular weight is 441 g/mol. The van der Waals surface area contributed by atoms with Crippen LogP contribution in [0.15, 0.2) is 65.1 Å². The second-order valence-corrected chi connectivity index (χ2v) is 7.19. The summed E-state index contributed by atoms with van der Waals surface area (Å²) in [6.07, 6.45) is -3.54. The van der Waals surface area contributed by atoms with Gasteiger partial charge in [0.15, 0.2) is 5.58 Å². The fourth-order valence-electron chi connectivity index (χ4n) is 3.31. The molecule has 164 valence electrons. The number of aromatic nitrogens is 1. The van der Waals surface area contributed by atoms with E-state index in [-0.39, 0.29) is 11.6 Å². The first kappa shape index (κ1) is 21.4. The smallest absolute Gasteiger partial charge is 0.416 e. The molecule has 0 atom stereocenters. The third-order valence-corrected chi connectivity index (χ3v) is 4.94. The molecule has 4 rings (SSSR count). The lowest BCUT2D eigenvalue weighted by molar-refractivity contribution is -0.384. The molecule has 0 spiro atoms. The SMILES string of the molecule is CCCNc1ccc([N+](=O)[O-])cc1-c1nc2cc(-c3ccc(C(F)(F)F)cc3)ccc2o1.